The summed E-state index contributed by atoms with van der Waals surface area (Å²) in [5, 5.41) is 13.1. The van der Waals surface area contributed by atoms with Crippen molar-refractivity contribution in [1.82, 2.24) is 0 Å². The van der Waals surface area contributed by atoms with Gasteiger partial charge in [0.15, 0.2) is 11.6 Å². The second-order valence-electron chi connectivity index (χ2n) is 9.05. The lowest BCUT2D eigenvalue weighted by molar-refractivity contribution is -0.171. The maximum atomic E-state index is 13.6. The van der Waals surface area contributed by atoms with E-state index < -0.39 is 43.6 Å². The van der Waals surface area contributed by atoms with Crippen molar-refractivity contribution in [2.45, 2.75) is 63.7 Å². The maximum absolute atomic E-state index is 13.6. The molecule has 0 aromatic heterocycles. The summed E-state index contributed by atoms with van der Waals surface area (Å²) >= 11 is 0. The van der Waals surface area contributed by atoms with Crippen molar-refractivity contribution >= 4 is 18.4 Å². The number of fused-ring (bicyclic) bond motifs is 1. The minimum absolute atomic E-state index is 0.534. The summed E-state index contributed by atoms with van der Waals surface area (Å²) in [5.74, 6) is -1.11. The van der Waals surface area contributed by atoms with Crippen molar-refractivity contribution in [3.05, 3.63) is 59.9 Å². The van der Waals surface area contributed by atoms with Gasteiger partial charge in [0.25, 0.3) is 0 Å². The van der Waals surface area contributed by atoms with E-state index in [9.17, 15) is 9.67 Å². The quantitative estimate of drug-likeness (QED) is 0.358. The molecule has 2 aromatic carbocycles. The molecule has 0 saturated carbocycles. The topological polar surface area (TPSA) is 92.7 Å². The van der Waals surface area contributed by atoms with E-state index >= 15 is 0 Å². The van der Waals surface area contributed by atoms with Crippen LogP contribution in [0.4, 0.5) is 0 Å². The molecule has 1 aliphatic rings. The summed E-state index contributed by atoms with van der Waals surface area (Å²) in [6.07, 6.45) is -1.50. The van der Waals surface area contributed by atoms with Crippen LogP contribution in [0.3, 0.4) is 0 Å². The van der Waals surface area contributed by atoms with Gasteiger partial charge in [-0.05, 0) is 50.1 Å². The number of aliphatic hydroxyl groups excluding tert-OH is 1. The summed E-state index contributed by atoms with van der Waals surface area (Å²) < 4.78 is 47.4. The Labute approximate surface area is 201 Å². The van der Waals surface area contributed by atoms with E-state index in [-0.39, 0.29) is 0 Å². The molecule has 0 bridgehead atoms. The molecule has 1 fully saturated rings. The third kappa shape index (κ3) is 6.14. The molecule has 2 aromatic rings. The van der Waals surface area contributed by atoms with Gasteiger partial charge in [0.1, 0.15) is 24.4 Å². The third-order valence-electron chi connectivity index (χ3n) is 5.81. The molecule has 0 radical (unpaired) electrons. The van der Waals surface area contributed by atoms with Crippen LogP contribution in [0.2, 0.25) is 0 Å². The first-order valence-electron chi connectivity index (χ1n) is 11.1. The highest BCUT2D eigenvalue weighted by Gasteiger charge is 2.45. The van der Waals surface area contributed by atoms with E-state index in [4.69, 9.17) is 28.0 Å². The Morgan fingerprint density at radius 2 is 1.53 bits per heavy atom. The highest BCUT2D eigenvalue weighted by atomic mass is 31.2. The van der Waals surface area contributed by atoms with Crippen molar-refractivity contribution < 1.29 is 37.7 Å². The van der Waals surface area contributed by atoms with Gasteiger partial charge in [0, 0.05) is 27.1 Å². The molecule has 3 rings (SSSR count). The zero-order chi connectivity index (χ0) is 25.1. The summed E-state index contributed by atoms with van der Waals surface area (Å²) in [4.78, 5) is 0. The molecule has 1 heterocycles. The Kier molecular flexibility index (Phi) is 8.38. The molecule has 188 valence electrons. The van der Waals surface area contributed by atoms with Crippen LogP contribution in [-0.2, 0) is 32.6 Å². The van der Waals surface area contributed by atoms with Crippen molar-refractivity contribution in [2.75, 3.05) is 21.3 Å². The Bertz CT molecular complexity index is 1020. The van der Waals surface area contributed by atoms with Crippen molar-refractivity contribution in [1.29, 1.82) is 0 Å². The van der Waals surface area contributed by atoms with E-state index in [2.05, 4.69) is 0 Å². The smallest absolute Gasteiger partial charge is 0.358 e. The van der Waals surface area contributed by atoms with Gasteiger partial charge >= 0.3 is 7.60 Å². The van der Waals surface area contributed by atoms with Gasteiger partial charge < -0.3 is 24.1 Å². The number of hydrogen-bond donors (Lipinski definition) is 1. The molecule has 0 unspecified atom stereocenters. The largest absolute Gasteiger partial charge is 0.387 e. The minimum Gasteiger partial charge on any atom is -0.387 e. The molecule has 9 heteroatoms. The zero-order valence-electron chi connectivity index (χ0n) is 20.8. The number of hydrogen-bond acceptors (Lipinski definition) is 8. The molecular formula is C25H35O8P. The van der Waals surface area contributed by atoms with Crippen molar-refractivity contribution in [3.8, 4) is 0 Å². The number of ether oxygens (including phenoxy) is 4. The summed E-state index contributed by atoms with van der Waals surface area (Å²) in [6, 6.07) is 13.9. The van der Waals surface area contributed by atoms with Gasteiger partial charge in [-0.15, -0.1) is 0 Å². The Balaban J connectivity index is 1.92. The normalized spacial score (nSPS) is 24.4. The molecule has 4 atom stereocenters. The molecule has 1 N–H and O–H groups in total. The summed E-state index contributed by atoms with van der Waals surface area (Å²) in [7, 11) is 0.516. The van der Waals surface area contributed by atoms with Gasteiger partial charge in [-0.25, -0.2) is 0 Å². The average molecular weight is 495 g/mol. The van der Waals surface area contributed by atoms with E-state index in [1.54, 1.807) is 27.7 Å². The first kappa shape index (κ1) is 27.0. The average Bonchev–Trinajstić information content (AvgIpc) is 3.11. The molecule has 0 aliphatic carbocycles. The van der Waals surface area contributed by atoms with Crippen molar-refractivity contribution in [2.24, 2.45) is 0 Å². The van der Waals surface area contributed by atoms with Crippen LogP contribution in [0.1, 0.15) is 39.4 Å². The van der Waals surface area contributed by atoms with E-state index in [0.29, 0.717) is 0 Å². The Hall–Kier alpha value is -1.61. The lowest BCUT2D eigenvalue weighted by Gasteiger charge is -2.32. The van der Waals surface area contributed by atoms with Crippen LogP contribution in [0.5, 0.6) is 0 Å². The molecule has 8 nitrogen and oxygen atoms in total. The number of benzene rings is 2. The van der Waals surface area contributed by atoms with Crippen LogP contribution >= 0.6 is 7.60 Å². The molecule has 0 spiro atoms. The van der Waals surface area contributed by atoms with E-state index in [1.807, 2.05) is 42.5 Å². The fourth-order valence-electron chi connectivity index (χ4n) is 3.82. The van der Waals surface area contributed by atoms with Crippen LogP contribution in [-0.4, -0.2) is 56.3 Å². The van der Waals surface area contributed by atoms with Gasteiger partial charge in [-0.3, -0.25) is 13.6 Å². The number of methoxy groups -OCH3 is 3. The molecular weight excluding hydrogens is 459 g/mol. The predicted molar refractivity (Wildman–Crippen MR) is 129 cm³/mol. The fraction of sp³-hybridized carbons (Fsp3) is 0.520. The summed E-state index contributed by atoms with van der Waals surface area (Å²) in [5.41, 5.74) is 0.900. The van der Waals surface area contributed by atoms with E-state index in [0.717, 1.165) is 16.3 Å². The lowest BCUT2D eigenvalue weighted by Crippen LogP contribution is -2.32. The standard InChI is InChI=1S/C25H35O8P/c1-24(2,29-6)32-34(27,33-25(3,4)30-7)16-15-20-21(26)23(28-5)22(31-20)19-14-10-12-17-11-8-9-13-18(17)19/h8-16,20-23,26H,1-7H3/b16-15+/t20-,21-,22+,23-/m1/s1. The zero-order valence-corrected chi connectivity index (χ0v) is 21.7. The highest BCUT2D eigenvalue weighted by molar-refractivity contribution is 7.57. The van der Waals surface area contributed by atoms with Crippen LogP contribution in [0.25, 0.3) is 10.8 Å². The molecule has 34 heavy (non-hydrogen) atoms. The van der Waals surface area contributed by atoms with Gasteiger partial charge in [0.2, 0.25) is 0 Å². The predicted octanol–water partition coefficient (Wildman–Crippen LogP) is 5.16. The Morgan fingerprint density at radius 1 is 0.941 bits per heavy atom. The van der Waals surface area contributed by atoms with Crippen LogP contribution in [0, 0.1) is 0 Å². The summed E-state index contributed by atoms with van der Waals surface area (Å²) in [6.45, 7) is 6.48. The monoisotopic (exact) mass is 494 g/mol. The van der Waals surface area contributed by atoms with Gasteiger partial charge in [-0.1, -0.05) is 42.5 Å². The van der Waals surface area contributed by atoms with Gasteiger partial charge in [-0.2, -0.15) is 0 Å². The first-order valence-corrected chi connectivity index (χ1v) is 12.7. The molecule has 1 saturated heterocycles. The third-order valence-corrected chi connectivity index (χ3v) is 7.74. The van der Waals surface area contributed by atoms with Crippen molar-refractivity contribution in [3.63, 3.8) is 0 Å². The number of aliphatic hydroxyl groups is 1. The SMILES string of the molecule is CO[C@@H]1[C@H](O)[C@@H](/C=C/P(=O)(OC(C)(C)OC)OC(C)(C)OC)O[C@H]1c1cccc2ccccc12. The fourth-order valence-corrected chi connectivity index (χ4v) is 5.74. The van der Waals surface area contributed by atoms with Gasteiger partial charge in [0.05, 0.1) is 0 Å². The van der Waals surface area contributed by atoms with Crippen LogP contribution < -0.4 is 0 Å². The lowest BCUT2D eigenvalue weighted by atomic mass is 9.96. The second-order valence-corrected chi connectivity index (χ2v) is 10.8. The highest BCUT2D eigenvalue weighted by Crippen LogP contribution is 2.56. The minimum atomic E-state index is -3.90. The molecule has 1 aliphatic heterocycles. The first-order chi connectivity index (χ1) is 15.9. The Morgan fingerprint density at radius 3 is 2.12 bits per heavy atom. The number of rotatable bonds is 10. The van der Waals surface area contributed by atoms with E-state index in [1.165, 1.54) is 33.2 Å². The maximum Gasteiger partial charge on any atom is 0.358 e. The molecule has 0 amide bonds. The van der Waals surface area contributed by atoms with Crippen LogP contribution in [0.15, 0.2) is 54.4 Å². The second kappa shape index (κ2) is 10.6.